The summed E-state index contributed by atoms with van der Waals surface area (Å²) in [6, 6.07) is 0. The molecule has 3 rings (SSSR count). The number of nitrogens with one attached hydrogen (secondary N) is 1. The Balaban J connectivity index is 2.24. The maximum atomic E-state index is 5.96. The minimum Gasteiger partial charge on any atom is -0.305 e. The summed E-state index contributed by atoms with van der Waals surface area (Å²) in [6.07, 6.45) is 3.43. The summed E-state index contributed by atoms with van der Waals surface area (Å²) in [4.78, 5) is 0.260. The van der Waals surface area contributed by atoms with Crippen molar-refractivity contribution < 1.29 is 0 Å². The van der Waals surface area contributed by atoms with Gasteiger partial charge in [0.15, 0.2) is 0 Å². The van der Waals surface area contributed by atoms with Gasteiger partial charge in [-0.3, -0.25) is 0 Å². The van der Waals surface area contributed by atoms with E-state index in [4.69, 9.17) is 11.6 Å². The van der Waals surface area contributed by atoms with Crippen LogP contribution < -0.4 is 5.32 Å². The molecule has 1 saturated carbocycles. The Hall–Kier alpha value is 0.340. The molecule has 11 heavy (non-hydrogen) atoms. The molecule has 62 valence electrons. The van der Waals surface area contributed by atoms with Crippen LogP contribution in [0.4, 0.5) is 0 Å². The highest BCUT2D eigenvalue weighted by atomic mass is 35.5. The largest absolute Gasteiger partial charge is 0.305 e. The maximum Gasteiger partial charge on any atom is 0.0735 e. The van der Waals surface area contributed by atoms with E-state index in [0.717, 1.165) is 16.2 Å². The van der Waals surface area contributed by atoms with Gasteiger partial charge >= 0.3 is 0 Å². The number of rotatable bonds is 1. The lowest BCUT2D eigenvalue weighted by Gasteiger charge is -2.55. The molecule has 2 bridgehead atoms. The standard InChI is InChI=1S/C8H12ClNS/c1-5-6-3-7(9)11-8(5,4-6)10-2/h3,5-6,10H,4H2,1-2H3. The summed E-state index contributed by atoms with van der Waals surface area (Å²) >= 11 is 7.74. The van der Waals surface area contributed by atoms with Gasteiger partial charge in [-0.1, -0.05) is 36.4 Å². The molecule has 1 fully saturated rings. The summed E-state index contributed by atoms with van der Waals surface area (Å²) in [5.74, 6) is 1.45. The lowest BCUT2D eigenvalue weighted by atomic mass is 9.69. The molecule has 3 aliphatic rings. The van der Waals surface area contributed by atoms with Crippen LogP contribution in [-0.4, -0.2) is 11.9 Å². The molecule has 0 amide bonds. The Morgan fingerprint density at radius 3 is 3.00 bits per heavy atom. The Morgan fingerprint density at radius 1 is 1.82 bits per heavy atom. The minimum absolute atomic E-state index is 0.260. The Labute approximate surface area is 76.6 Å². The molecule has 3 atom stereocenters. The summed E-state index contributed by atoms with van der Waals surface area (Å²) in [6.45, 7) is 2.29. The SMILES string of the molecule is CNC12CC(C=C(Cl)S1)C2C. The first-order valence-electron chi connectivity index (χ1n) is 3.93. The monoisotopic (exact) mass is 189 g/mol. The van der Waals surface area contributed by atoms with Crippen molar-refractivity contribution in [2.45, 2.75) is 18.2 Å². The zero-order chi connectivity index (χ0) is 8.06. The fourth-order valence-corrected chi connectivity index (χ4v) is 3.90. The van der Waals surface area contributed by atoms with Crippen molar-refractivity contribution >= 4 is 23.4 Å². The summed E-state index contributed by atoms with van der Waals surface area (Å²) < 4.78 is 0.966. The van der Waals surface area contributed by atoms with E-state index in [1.54, 1.807) is 11.8 Å². The number of halogens is 1. The van der Waals surface area contributed by atoms with Gasteiger partial charge in [0.2, 0.25) is 0 Å². The van der Waals surface area contributed by atoms with Gasteiger partial charge in [0.05, 0.1) is 9.24 Å². The van der Waals surface area contributed by atoms with Crippen LogP contribution in [0.1, 0.15) is 13.3 Å². The van der Waals surface area contributed by atoms with E-state index >= 15 is 0 Å². The lowest BCUT2D eigenvalue weighted by molar-refractivity contribution is 0.135. The van der Waals surface area contributed by atoms with Crippen molar-refractivity contribution in [3.8, 4) is 0 Å². The van der Waals surface area contributed by atoms with Crippen LogP contribution in [-0.2, 0) is 0 Å². The molecule has 2 aliphatic heterocycles. The number of allylic oxidation sites excluding steroid dienone is 1. The zero-order valence-corrected chi connectivity index (χ0v) is 8.30. The van der Waals surface area contributed by atoms with E-state index in [-0.39, 0.29) is 4.87 Å². The molecular formula is C8H12ClNS. The van der Waals surface area contributed by atoms with Crippen molar-refractivity contribution in [3.05, 3.63) is 10.4 Å². The molecule has 0 saturated heterocycles. The third-order valence-corrected chi connectivity index (χ3v) is 4.76. The first-order chi connectivity index (χ1) is 5.18. The minimum atomic E-state index is 0.260. The van der Waals surface area contributed by atoms with E-state index < -0.39 is 0 Å². The molecular weight excluding hydrogens is 178 g/mol. The second-order valence-electron chi connectivity index (χ2n) is 3.37. The van der Waals surface area contributed by atoms with Gasteiger partial charge in [0.25, 0.3) is 0 Å². The highest BCUT2D eigenvalue weighted by Gasteiger charge is 2.53. The van der Waals surface area contributed by atoms with Gasteiger partial charge in [0.1, 0.15) is 0 Å². The van der Waals surface area contributed by atoms with Gasteiger partial charge < -0.3 is 5.32 Å². The Kier molecular flexibility index (Phi) is 1.75. The normalized spacial score (nSPS) is 48.1. The van der Waals surface area contributed by atoms with E-state index in [0.29, 0.717) is 0 Å². The molecule has 1 aliphatic carbocycles. The number of fused-ring (bicyclic) bond motifs is 1. The molecule has 0 aromatic rings. The van der Waals surface area contributed by atoms with Crippen LogP contribution in [0.25, 0.3) is 0 Å². The van der Waals surface area contributed by atoms with Crippen LogP contribution in [0.2, 0.25) is 0 Å². The van der Waals surface area contributed by atoms with Crippen LogP contribution in [0, 0.1) is 11.8 Å². The molecule has 3 unspecified atom stereocenters. The highest BCUT2D eigenvalue weighted by Crippen LogP contribution is 2.58. The second-order valence-corrected chi connectivity index (χ2v) is 5.37. The molecule has 0 spiro atoms. The van der Waals surface area contributed by atoms with Crippen LogP contribution in [0.3, 0.4) is 0 Å². The van der Waals surface area contributed by atoms with E-state index in [1.165, 1.54) is 6.42 Å². The fourth-order valence-electron chi connectivity index (χ4n) is 1.99. The zero-order valence-electron chi connectivity index (χ0n) is 6.73. The van der Waals surface area contributed by atoms with E-state index in [9.17, 15) is 0 Å². The predicted molar refractivity (Wildman–Crippen MR) is 50.6 cm³/mol. The molecule has 2 heterocycles. The quantitative estimate of drug-likeness (QED) is 0.680. The van der Waals surface area contributed by atoms with Crippen molar-refractivity contribution in [2.75, 3.05) is 7.05 Å². The van der Waals surface area contributed by atoms with Gasteiger partial charge in [0, 0.05) is 0 Å². The van der Waals surface area contributed by atoms with E-state index in [1.807, 2.05) is 7.05 Å². The fraction of sp³-hybridized carbons (Fsp3) is 0.750. The average Bonchev–Trinajstić information content (AvgIpc) is 2.02. The van der Waals surface area contributed by atoms with Crippen molar-refractivity contribution in [1.29, 1.82) is 0 Å². The predicted octanol–water partition coefficient (Wildman–Crippen LogP) is 2.39. The molecule has 1 N–H and O–H groups in total. The molecule has 1 nitrogen and oxygen atoms in total. The summed E-state index contributed by atoms with van der Waals surface area (Å²) in [7, 11) is 2.02. The van der Waals surface area contributed by atoms with Gasteiger partial charge in [-0.05, 0) is 25.3 Å². The average molecular weight is 190 g/mol. The molecule has 0 radical (unpaired) electrons. The van der Waals surface area contributed by atoms with Gasteiger partial charge in [-0.15, -0.1) is 0 Å². The van der Waals surface area contributed by atoms with Crippen LogP contribution >= 0.6 is 23.4 Å². The first kappa shape index (κ1) is 7.96. The van der Waals surface area contributed by atoms with E-state index in [2.05, 4.69) is 18.3 Å². The highest BCUT2D eigenvalue weighted by molar-refractivity contribution is 8.06. The third kappa shape index (κ3) is 0.962. The third-order valence-electron chi connectivity index (χ3n) is 2.96. The Bertz CT molecular complexity index is 216. The molecule has 0 aromatic heterocycles. The van der Waals surface area contributed by atoms with Gasteiger partial charge in [-0.25, -0.2) is 0 Å². The topological polar surface area (TPSA) is 12.0 Å². The summed E-state index contributed by atoms with van der Waals surface area (Å²) in [5, 5.41) is 3.36. The van der Waals surface area contributed by atoms with Crippen LogP contribution in [0.15, 0.2) is 10.4 Å². The maximum absolute atomic E-state index is 5.96. The van der Waals surface area contributed by atoms with Crippen molar-refractivity contribution in [3.63, 3.8) is 0 Å². The smallest absolute Gasteiger partial charge is 0.0735 e. The Morgan fingerprint density at radius 2 is 2.55 bits per heavy atom. The van der Waals surface area contributed by atoms with Crippen molar-refractivity contribution in [1.82, 2.24) is 5.32 Å². The van der Waals surface area contributed by atoms with Crippen molar-refractivity contribution in [2.24, 2.45) is 11.8 Å². The lowest BCUT2D eigenvalue weighted by Crippen LogP contribution is -2.59. The number of thioether (sulfide) groups is 1. The molecule has 3 heteroatoms. The second kappa shape index (κ2) is 2.41. The number of hydrogen-bond donors (Lipinski definition) is 1. The molecule has 0 aromatic carbocycles. The van der Waals surface area contributed by atoms with Crippen LogP contribution in [0.5, 0.6) is 0 Å². The number of hydrogen-bond acceptors (Lipinski definition) is 2. The summed E-state index contributed by atoms with van der Waals surface area (Å²) in [5.41, 5.74) is 0. The van der Waals surface area contributed by atoms with Gasteiger partial charge in [-0.2, -0.15) is 0 Å². The first-order valence-corrected chi connectivity index (χ1v) is 5.12.